The fourth-order valence-electron chi connectivity index (χ4n) is 2.56. The van der Waals surface area contributed by atoms with Gasteiger partial charge in [0.15, 0.2) is 0 Å². The van der Waals surface area contributed by atoms with Gasteiger partial charge in [-0.05, 0) is 29.0 Å². The highest BCUT2D eigenvalue weighted by Gasteiger charge is 2.44. The van der Waals surface area contributed by atoms with Gasteiger partial charge in [-0.3, -0.25) is 0 Å². The zero-order valence-corrected chi connectivity index (χ0v) is 11.7. The van der Waals surface area contributed by atoms with E-state index in [0.717, 1.165) is 10.1 Å². The fourth-order valence-corrected chi connectivity index (χ4v) is 3.38. The molecule has 4 atom stereocenters. The molecule has 3 rings (SSSR count). The highest BCUT2D eigenvalue weighted by molar-refractivity contribution is 7.17. The van der Waals surface area contributed by atoms with E-state index >= 15 is 0 Å². The Labute approximate surface area is 120 Å². The molecule has 3 N–H and O–H groups in total. The van der Waals surface area contributed by atoms with Crippen LogP contribution in [0.3, 0.4) is 0 Å². The molecular weight excluding hydrogens is 280 g/mol. The molecule has 1 aliphatic rings. The summed E-state index contributed by atoms with van der Waals surface area (Å²) >= 11 is 1.58. The van der Waals surface area contributed by atoms with Gasteiger partial charge in [0.05, 0.1) is 13.7 Å². The van der Waals surface area contributed by atoms with Gasteiger partial charge in [-0.1, -0.05) is 0 Å². The van der Waals surface area contributed by atoms with E-state index in [1.807, 2.05) is 23.6 Å². The van der Waals surface area contributed by atoms with Crippen molar-refractivity contribution in [2.24, 2.45) is 0 Å². The number of ether oxygens (including phenoxy) is 2. The predicted octanol–water partition coefficient (Wildman–Crippen LogP) is 1.06. The Bertz CT molecular complexity index is 611. The number of hydrogen-bond donors (Lipinski definition) is 3. The first-order valence-corrected chi connectivity index (χ1v) is 7.21. The Morgan fingerprint density at radius 3 is 2.75 bits per heavy atom. The molecule has 1 unspecified atom stereocenters. The molecule has 1 aliphatic heterocycles. The maximum absolute atomic E-state index is 10.1. The van der Waals surface area contributed by atoms with Crippen LogP contribution in [-0.2, 0) is 4.74 Å². The van der Waals surface area contributed by atoms with Crippen molar-refractivity contribution in [3.8, 4) is 5.75 Å². The normalized spacial score (nSPS) is 30.0. The van der Waals surface area contributed by atoms with Crippen LogP contribution in [0.5, 0.6) is 5.75 Å². The molecule has 0 saturated carbocycles. The molecule has 1 saturated heterocycles. The third kappa shape index (κ3) is 2.10. The van der Waals surface area contributed by atoms with Gasteiger partial charge >= 0.3 is 0 Å². The lowest BCUT2D eigenvalue weighted by Crippen LogP contribution is -2.32. The molecule has 2 aromatic rings. The van der Waals surface area contributed by atoms with Crippen molar-refractivity contribution < 1.29 is 24.8 Å². The van der Waals surface area contributed by atoms with E-state index < -0.39 is 24.4 Å². The Morgan fingerprint density at radius 2 is 2.10 bits per heavy atom. The van der Waals surface area contributed by atoms with E-state index in [4.69, 9.17) is 14.6 Å². The van der Waals surface area contributed by atoms with E-state index in [-0.39, 0.29) is 6.61 Å². The van der Waals surface area contributed by atoms with Crippen molar-refractivity contribution in [3.63, 3.8) is 0 Å². The van der Waals surface area contributed by atoms with Gasteiger partial charge in [0.2, 0.25) is 0 Å². The van der Waals surface area contributed by atoms with Crippen LogP contribution in [0.1, 0.15) is 11.7 Å². The second-order valence-corrected chi connectivity index (χ2v) is 5.76. The summed E-state index contributed by atoms with van der Waals surface area (Å²) in [5.41, 5.74) is 0.685. The van der Waals surface area contributed by atoms with Crippen molar-refractivity contribution in [2.45, 2.75) is 24.4 Å². The van der Waals surface area contributed by atoms with E-state index in [0.29, 0.717) is 11.3 Å². The predicted molar refractivity (Wildman–Crippen MR) is 75.1 cm³/mol. The van der Waals surface area contributed by atoms with Crippen LogP contribution in [0.4, 0.5) is 0 Å². The molecule has 5 nitrogen and oxygen atoms in total. The molecule has 0 spiro atoms. The third-order valence-corrected chi connectivity index (χ3v) is 4.53. The van der Waals surface area contributed by atoms with Crippen molar-refractivity contribution in [1.29, 1.82) is 0 Å². The first kappa shape index (κ1) is 13.8. The first-order valence-electron chi connectivity index (χ1n) is 6.33. The second-order valence-electron chi connectivity index (χ2n) is 4.81. The summed E-state index contributed by atoms with van der Waals surface area (Å²) in [6.45, 7) is -0.335. The number of thiophene rings is 1. The molecule has 1 aromatic heterocycles. The van der Waals surface area contributed by atoms with Crippen LogP contribution in [0.15, 0.2) is 23.6 Å². The van der Waals surface area contributed by atoms with Gasteiger partial charge in [-0.15, -0.1) is 11.3 Å². The molecule has 0 bridgehead atoms. The Kier molecular flexibility index (Phi) is 3.66. The summed E-state index contributed by atoms with van der Waals surface area (Å²) in [6, 6.07) is 5.78. The Balaban J connectivity index is 2.04. The monoisotopic (exact) mass is 296 g/mol. The van der Waals surface area contributed by atoms with Gasteiger partial charge in [-0.25, -0.2) is 0 Å². The average Bonchev–Trinajstić information content (AvgIpc) is 3.03. The smallest absolute Gasteiger partial charge is 0.125 e. The van der Waals surface area contributed by atoms with Crippen LogP contribution < -0.4 is 4.74 Å². The lowest BCUT2D eigenvalue weighted by atomic mass is 10.00. The summed E-state index contributed by atoms with van der Waals surface area (Å²) in [5.74, 6) is 0.603. The van der Waals surface area contributed by atoms with Crippen LogP contribution in [0.2, 0.25) is 0 Å². The largest absolute Gasteiger partial charge is 0.496 e. The second kappa shape index (κ2) is 5.31. The molecule has 2 heterocycles. The highest BCUT2D eigenvalue weighted by atomic mass is 32.1. The summed E-state index contributed by atoms with van der Waals surface area (Å²) in [4.78, 5) is 0. The van der Waals surface area contributed by atoms with Gasteiger partial charge in [0.25, 0.3) is 0 Å². The minimum atomic E-state index is -1.10. The Morgan fingerprint density at radius 1 is 1.30 bits per heavy atom. The lowest BCUT2D eigenvalue weighted by Gasteiger charge is -2.18. The maximum Gasteiger partial charge on any atom is 0.125 e. The van der Waals surface area contributed by atoms with Crippen molar-refractivity contribution >= 4 is 21.4 Å². The number of fused-ring (bicyclic) bond motifs is 1. The van der Waals surface area contributed by atoms with E-state index in [2.05, 4.69) is 0 Å². The quantitative estimate of drug-likeness (QED) is 0.789. The number of aliphatic hydroxyl groups excluding tert-OH is 3. The molecule has 1 fully saturated rings. The Hall–Kier alpha value is -1.18. The lowest BCUT2D eigenvalue weighted by molar-refractivity contribution is -0.0232. The van der Waals surface area contributed by atoms with Crippen molar-refractivity contribution in [2.75, 3.05) is 13.7 Å². The van der Waals surface area contributed by atoms with Gasteiger partial charge in [-0.2, -0.15) is 0 Å². The number of benzene rings is 1. The molecule has 0 aliphatic carbocycles. The molecule has 0 radical (unpaired) electrons. The van der Waals surface area contributed by atoms with Crippen molar-refractivity contribution in [1.82, 2.24) is 0 Å². The zero-order chi connectivity index (χ0) is 14.3. The van der Waals surface area contributed by atoms with Crippen LogP contribution in [0.25, 0.3) is 10.1 Å². The molecule has 20 heavy (non-hydrogen) atoms. The first-order chi connectivity index (χ1) is 9.65. The molecule has 0 amide bonds. The van der Waals surface area contributed by atoms with E-state index in [9.17, 15) is 10.2 Å². The molecule has 108 valence electrons. The number of hydrogen-bond acceptors (Lipinski definition) is 6. The number of aliphatic hydroxyl groups is 3. The molecule has 1 aromatic carbocycles. The maximum atomic E-state index is 10.1. The topological polar surface area (TPSA) is 79.2 Å². The van der Waals surface area contributed by atoms with Gasteiger partial charge in [0.1, 0.15) is 30.2 Å². The summed E-state index contributed by atoms with van der Waals surface area (Å²) in [6.07, 6.45) is -3.67. The fraction of sp³-hybridized carbons (Fsp3) is 0.429. The minimum Gasteiger partial charge on any atom is -0.496 e. The molecule has 6 heteroatoms. The zero-order valence-electron chi connectivity index (χ0n) is 10.9. The van der Waals surface area contributed by atoms with Crippen LogP contribution in [0, 0.1) is 0 Å². The van der Waals surface area contributed by atoms with Crippen LogP contribution >= 0.6 is 11.3 Å². The van der Waals surface area contributed by atoms with E-state index in [1.54, 1.807) is 18.4 Å². The highest BCUT2D eigenvalue weighted by Crippen LogP contribution is 2.40. The summed E-state index contributed by atoms with van der Waals surface area (Å²) < 4.78 is 12.0. The minimum absolute atomic E-state index is 0.335. The standard InChI is InChI=1S/C14H16O5S/c1-18-9-4-7-2-3-20-11(7)5-8(9)14-13(17)12(16)10(6-15)19-14/h2-5,10,12-17H,6H2,1H3/t10-,12?,13+,14+/m1/s1. The number of methoxy groups -OCH3 is 1. The van der Waals surface area contributed by atoms with Gasteiger partial charge in [0, 0.05) is 10.3 Å². The summed E-state index contributed by atoms with van der Waals surface area (Å²) in [7, 11) is 1.55. The summed E-state index contributed by atoms with van der Waals surface area (Å²) in [5, 5.41) is 32.2. The molecular formula is C14H16O5S. The van der Waals surface area contributed by atoms with Crippen molar-refractivity contribution in [3.05, 3.63) is 29.1 Å². The average molecular weight is 296 g/mol. The van der Waals surface area contributed by atoms with Gasteiger partial charge < -0.3 is 24.8 Å². The third-order valence-electron chi connectivity index (χ3n) is 3.65. The van der Waals surface area contributed by atoms with E-state index in [1.165, 1.54) is 0 Å². The SMILES string of the molecule is COc1cc2ccsc2cc1[C@@H]1O[C@H](CO)C(O)[C@@H]1O. The number of rotatable bonds is 3. The van der Waals surface area contributed by atoms with Crippen LogP contribution in [-0.4, -0.2) is 47.3 Å².